The van der Waals surface area contributed by atoms with Crippen molar-refractivity contribution in [3.63, 3.8) is 0 Å². The van der Waals surface area contributed by atoms with E-state index in [0.717, 1.165) is 25.7 Å². The summed E-state index contributed by atoms with van der Waals surface area (Å²) in [6.45, 7) is 8.99. The highest BCUT2D eigenvalue weighted by Gasteiger charge is 2.13. The topological polar surface area (TPSA) is 26.0 Å². The molecule has 0 unspecified atom stereocenters. The monoisotopic (exact) mass is 351 g/mol. The summed E-state index contributed by atoms with van der Waals surface area (Å²) in [5, 5.41) is 0. The lowest BCUT2D eigenvalue weighted by atomic mass is 9.90. The Morgan fingerprint density at radius 1 is 0.538 bits per heavy atom. The van der Waals surface area contributed by atoms with Crippen LogP contribution in [-0.4, -0.2) is 0 Å². The van der Waals surface area contributed by atoms with Crippen molar-refractivity contribution in [2.45, 2.75) is 85.1 Å². The van der Waals surface area contributed by atoms with E-state index in [4.69, 9.17) is 5.73 Å². The second kappa shape index (κ2) is 10.5. The van der Waals surface area contributed by atoms with Crippen molar-refractivity contribution in [2.24, 2.45) is 5.73 Å². The van der Waals surface area contributed by atoms with Crippen molar-refractivity contribution in [1.82, 2.24) is 0 Å². The predicted octanol–water partition coefficient (Wildman–Crippen LogP) is 6.54. The van der Waals surface area contributed by atoms with Crippen LogP contribution in [0.3, 0.4) is 0 Å². The highest BCUT2D eigenvalue weighted by atomic mass is 14.6. The maximum Gasteiger partial charge on any atom is 0.0552 e. The third-order valence-electron chi connectivity index (χ3n) is 5.02. The van der Waals surface area contributed by atoms with Crippen molar-refractivity contribution >= 4 is 0 Å². The molecule has 0 aliphatic heterocycles. The van der Waals surface area contributed by atoms with Gasteiger partial charge in [-0.05, 0) is 59.1 Å². The number of benzene rings is 2. The van der Waals surface area contributed by atoms with Crippen molar-refractivity contribution in [1.29, 1.82) is 0 Å². The molecule has 0 heterocycles. The molecule has 0 saturated carbocycles. The van der Waals surface area contributed by atoms with Crippen LogP contribution in [-0.2, 0) is 25.7 Å². The molecule has 2 rings (SSSR count). The molecule has 142 valence electrons. The van der Waals surface area contributed by atoms with E-state index in [1.165, 1.54) is 59.1 Å². The molecule has 1 heteroatoms. The molecule has 0 amide bonds. The van der Waals surface area contributed by atoms with Gasteiger partial charge in [0, 0.05) is 0 Å². The zero-order chi connectivity index (χ0) is 18.9. The SMILES string of the molecule is CCCc1cc(CCC)cc(C(N)c2cc(CCC)cc(CCC)c2)c1. The fourth-order valence-corrected chi connectivity index (χ4v) is 3.87. The third kappa shape index (κ3) is 5.71. The summed E-state index contributed by atoms with van der Waals surface area (Å²) in [5.74, 6) is 0. The minimum absolute atomic E-state index is 0.0326. The maximum absolute atomic E-state index is 6.78. The Labute approximate surface area is 161 Å². The van der Waals surface area contributed by atoms with Gasteiger partial charge in [0.1, 0.15) is 0 Å². The van der Waals surface area contributed by atoms with Crippen molar-refractivity contribution in [3.05, 3.63) is 69.8 Å². The Hall–Kier alpha value is -1.60. The van der Waals surface area contributed by atoms with E-state index in [1.54, 1.807) is 0 Å². The molecule has 0 aromatic heterocycles. The van der Waals surface area contributed by atoms with Gasteiger partial charge in [-0.1, -0.05) is 89.8 Å². The molecule has 0 aliphatic carbocycles. The van der Waals surface area contributed by atoms with Crippen LogP contribution in [0.25, 0.3) is 0 Å². The van der Waals surface area contributed by atoms with Crippen LogP contribution in [0.1, 0.15) is 92.8 Å². The van der Waals surface area contributed by atoms with Gasteiger partial charge in [-0.25, -0.2) is 0 Å². The summed E-state index contributed by atoms with van der Waals surface area (Å²) in [4.78, 5) is 0. The van der Waals surface area contributed by atoms with E-state index in [0.29, 0.717) is 0 Å². The first kappa shape index (κ1) is 20.7. The Bertz CT molecular complexity index is 579. The fraction of sp³-hybridized carbons (Fsp3) is 0.520. The van der Waals surface area contributed by atoms with Gasteiger partial charge in [-0.15, -0.1) is 0 Å². The molecular weight excluding hydrogens is 314 g/mol. The third-order valence-corrected chi connectivity index (χ3v) is 5.02. The first-order valence-corrected chi connectivity index (χ1v) is 10.6. The zero-order valence-corrected chi connectivity index (χ0v) is 17.3. The lowest BCUT2D eigenvalue weighted by molar-refractivity contribution is 0.828. The average Bonchev–Trinajstić information content (AvgIpc) is 2.62. The number of nitrogens with two attached hydrogens (primary N) is 1. The van der Waals surface area contributed by atoms with E-state index in [2.05, 4.69) is 64.1 Å². The van der Waals surface area contributed by atoms with Crippen LogP contribution < -0.4 is 5.73 Å². The summed E-state index contributed by atoms with van der Waals surface area (Å²) < 4.78 is 0. The smallest absolute Gasteiger partial charge is 0.0552 e. The summed E-state index contributed by atoms with van der Waals surface area (Å²) >= 11 is 0. The Morgan fingerprint density at radius 3 is 1.04 bits per heavy atom. The van der Waals surface area contributed by atoms with Gasteiger partial charge in [-0.3, -0.25) is 0 Å². The van der Waals surface area contributed by atoms with Gasteiger partial charge in [0.2, 0.25) is 0 Å². The number of aryl methyl sites for hydroxylation is 4. The van der Waals surface area contributed by atoms with Crippen LogP contribution in [0, 0.1) is 0 Å². The van der Waals surface area contributed by atoms with Crippen molar-refractivity contribution in [3.8, 4) is 0 Å². The molecule has 0 spiro atoms. The zero-order valence-electron chi connectivity index (χ0n) is 17.3. The van der Waals surface area contributed by atoms with E-state index in [9.17, 15) is 0 Å². The number of rotatable bonds is 10. The van der Waals surface area contributed by atoms with E-state index >= 15 is 0 Å². The first-order chi connectivity index (χ1) is 12.6. The van der Waals surface area contributed by atoms with Crippen molar-refractivity contribution < 1.29 is 0 Å². The first-order valence-electron chi connectivity index (χ1n) is 10.6. The Balaban J connectivity index is 2.41. The lowest BCUT2D eigenvalue weighted by Gasteiger charge is -2.18. The molecule has 0 bridgehead atoms. The minimum Gasteiger partial charge on any atom is -0.320 e. The Morgan fingerprint density at radius 2 is 0.808 bits per heavy atom. The molecular formula is C25H37N. The van der Waals surface area contributed by atoms with Gasteiger partial charge >= 0.3 is 0 Å². The average molecular weight is 352 g/mol. The number of hydrogen-bond acceptors (Lipinski definition) is 1. The molecule has 0 fully saturated rings. The van der Waals surface area contributed by atoms with Crippen molar-refractivity contribution in [2.75, 3.05) is 0 Å². The highest BCUT2D eigenvalue weighted by Crippen LogP contribution is 2.26. The van der Waals surface area contributed by atoms with Crippen LogP contribution >= 0.6 is 0 Å². The summed E-state index contributed by atoms with van der Waals surface area (Å²) in [6, 6.07) is 14.0. The Kier molecular flexibility index (Phi) is 8.38. The molecule has 0 saturated heterocycles. The minimum atomic E-state index is -0.0326. The largest absolute Gasteiger partial charge is 0.320 e. The quantitative estimate of drug-likeness (QED) is 0.516. The molecule has 2 aromatic rings. The van der Waals surface area contributed by atoms with E-state index < -0.39 is 0 Å². The van der Waals surface area contributed by atoms with E-state index in [1.807, 2.05) is 0 Å². The molecule has 0 radical (unpaired) electrons. The summed E-state index contributed by atoms with van der Waals surface area (Å²) in [7, 11) is 0. The van der Waals surface area contributed by atoms with Gasteiger partial charge < -0.3 is 5.73 Å². The molecule has 26 heavy (non-hydrogen) atoms. The number of hydrogen-bond donors (Lipinski definition) is 1. The van der Waals surface area contributed by atoms with Crippen LogP contribution in [0.2, 0.25) is 0 Å². The van der Waals surface area contributed by atoms with E-state index in [-0.39, 0.29) is 6.04 Å². The maximum atomic E-state index is 6.78. The molecule has 2 aromatic carbocycles. The van der Waals surface area contributed by atoms with Crippen LogP contribution in [0.5, 0.6) is 0 Å². The summed E-state index contributed by atoms with van der Waals surface area (Å²) in [6.07, 6.45) is 9.24. The molecule has 0 aliphatic rings. The fourth-order valence-electron chi connectivity index (χ4n) is 3.87. The van der Waals surface area contributed by atoms with Crippen LogP contribution in [0.4, 0.5) is 0 Å². The van der Waals surface area contributed by atoms with Gasteiger partial charge in [0.25, 0.3) is 0 Å². The summed E-state index contributed by atoms with van der Waals surface area (Å²) in [5.41, 5.74) is 15.1. The molecule has 0 atom stereocenters. The van der Waals surface area contributed by atoms with Gasteiger partial charge in [0.15, 0.2) is 0 Å². The van der Waals surface area contributed by atoms with Gasteiger partial charge in [0.05, 0.1) is 6.04 Å². The second-order valence-electron chi connectivity index (χ2n) is 7.64. The molecule has 2 N–H and O–H groups in total. The standard InChI is InChI=1S/C25H37N/c1-5-9-19-13-20(10-6-2)16-23(15-19)25(26)24-17-21(11-7-3)14-22(18-24)12-8-4/h13-18,25H,5-12,26H2,1-4H3. The lowest BCUT2D eigenvalue weighted by Crippen LogP contribution is -2.14. The molecule has 1 nitrogen and oxygen atoms in total. The predicted molar refractivity (Wildman–Crippen MR) is 115 cm³/mol. The normalized spacial score (nSPS) is 11.3. The highest BCUT2D eigenvalue weighted by molar-refractivity contribution is 5.40. The van der Waals surface area contributed by atoms with Crippen LogP contribution in [0.15, 0.2) is 36.4 Å². The second-order valence-corrected chi connectivity index (χ2v) is 7.64. The van der Waals surface area contributed by atoms with Gasteiger partial charge in [-0.2, -0.15) is 0 Å².